The fourth-order valence-corrected chi connectivity index (χ4v) is 1.66. The maximum absolute atomic E-state index is 13.3. The van der Waals surface area contributed by atoms with Gasteiger partial charge in [-0.05, 0) is 43.3 Å². The maximum atomic E-state index is 13.3. The smallest absolute Gasteiger partial charge is 0.255 e. The molecule has 2 aromatic rings. The zero-order valence-electron chi connectivity index (χ0n) is 9.71. The Kier molecular flexibility index (Phi) is 3.63. The molecule has 0 aromatic heterocycles. The van der Waals surface area contributed by atoms with Crippen molar-refractivity contribution in [2.24, 2.45) is 0 Å². The largest absolute Gasteiger partial charge is 0.322 e. The van der Waals surface area contributed by atoms with Crippen LogP contribution in [0.15, 0.2) is 42.5 Å². The maximum Gasteiger partial charge on any atom is 0.255 e. The summed E-state index contributed by atoms with van der Waals surface area (Å²) < 4.78 is 13.3. The fraction of sp³-hybridized carbons (Fsp3) is 0.0714. The molecule has 18 heavy (non-hydrogen) atoms. The number of hydrogen-bond acceptors (Lipinski definition) is 1. The van der Waals surface area contributed by atoms with Crippen LogP contribution >= 0.6 is 11.6 Å². The number of carbonyl (C=O) groups excluding carboxylic acids is 1. The Balaban J connectivity index is 2.21. The van der Waals surface area contributed by atoms with Crippen LogP contribution in [0, 0.1) is 12.7 Å². The van der Waals surface area contributed by atoms with E-state index in [4.69, 9.17) is 11.6 Å². The number of carbonyl (C=O) groups is 1. The Morgan fingerprint density at radius 2 is 1.83 bits per heavy atom. The summed E-state index contributed by atoms with van der Waals surface area (Å²) in [7, 11) is 0. The Morgan fingerprint density at radius 3 is 2.50 bits per heavy atom. The minimum absolute atomic E-state index is 0.291. The molecule has 1 N–H and O–H groups in total. The monoisotopic (exact) mass is 263 g/mol. The first kappa shape index (κ1) is 12.6. The Labute approximate surface area is 109 Å². The van der Waals surface area contributed by atoms with Crippen molar-refractivity contribution in [2.75, 3.05) is 5.32 Å². The van der Waals surface area contributed by atoms with Gasteiger partial charge in [-0.2, -0.15) is 0 Å². The highest BCUT2D eigenvalue weighted by molar-refractivity contribution is 6.30. The molecular formula is C14H11ClFNO. The molecule has 0 spiro atoms. The number of anilines is 1. The first-order valence-corrected chi connectivity index (χ1v) is 5.78. The molecule has 1 amide bonds. The highest BCUT2D eigenvalue weighted by atomic mass is 35.5. The van der Waals surface area contributed by atoms with E-state index in [1.54, 1.807) is 43.3 Å². The van der Waals surface area contributed by atoms with Gasteiger partial charge in [0.2, 0.25) is 0 Å². The quantitative estimate of drug-likeness (QED) is 0.870. The van der Waals surface area contributed by atoms with Gasteiger partial charge >= 0.3 is 0 Å². The third kappa shape index (κ3) is 2.68. The summed E-state index contributed by atoms with van der Waals surface area (Å²) in [4.78, 5) is 11.9. The molecule has 2 aromatic carbocycles. The van der Waals surface area contributed by atoms with Crippen LogP contribution in [0.5, 0.6) is 0 Å². The molecule has 2 nitrogen and oxygen atoms in total. The molecule has 4 heteroatoms. The van der Waals surface area contributed by atoms with E-state index in [0.29, 0.717) is 21.8 Å². The second kappa shape index (κ2) is 5.19. The van der Waals surface area contributed by atoms with E-state index in [9.17, 15) is 9.18 Å². The van der Waals surface area contributed by atoms with Gasteiger partial charge in [-0.15, -0.1) is 0 Å². The zero-order chi connectivity index (χ0) is 13.1. The lowest BCUT2D eigenvalue weighted by molar-refractivity contribution is 0.102. The number of hydrogen-bond donors (Lipinski definition) is 1. The molecule has 0 aliphatic carbocycles. The van der Waals surface area contributed by atoms with Gasteiger partial charge in [-0.25, -0.2) is 4.39 Å². The normalized spacial score (nSPS) is 10.2. The molecule has 2 rings (SSSR count). The highest BCUT2D eigenvalue weighted by Crippen LogP contribution is 2.18. The van der Waals surface area contributed by atoms with E-state index in [-0.39, 0.29) is 11.7 Å². The molecular weight excluding hydrogens is 253 g/mol. The molecule has 0 fully saturated rings. The van der Waals surface area contributed by atoms with Gasteiger partial charge in [-0.1, -0.05) is 17.7 Å². The minimum Gasteiger partial charge on any atom is -0.322 e. The van der Waals surface area contributed by atoms with Crippen LogP contribution < -0.4 is 5.32 Å². The summed E-state index contributed by atoms with van der Waals surface area (Å²) in [5.41, 5.74) is 1.36. The SMILES string of the molecule is Cc1c(F)cccc1NC(=O)c1ccc(Cl)cc1. The lowest BCUT2D eigenvalue weighted by atomic mass is 10.1. The van der Waals surface area contributed by atoms with Gasteiger partial charge in [0.25, 0.3) is 5.91 Å². The minimum atomic E-state index is -0.344. The van der Waals surface area contributed by atoms with Crippen molar-refractivity contribution in [3.05, 3.63) is 64.4 Å². The van der Waals surface area contributed by atoms with Gasteiger partial charge < -0.3 is 5.32 Å². The molecule has 92 valence electrons. The molecule has 0 saturated heterocycles. The van der Waals surface area contributed by atoms with Crippen molar-refractivity contribution in [1.29, 1.82) is 0 Å². The first-order chi connectivity index (χ1) is 8.58. The fourth-order valence-electron chi connectivity index (χ4n) is 1.54. The topological polar surface area (TPSA) is 29.1 Å². The van der Waals surface area contributed by atoms with Crippen LogP contribution in [-0.2, 0) is 0 Å². The summed E-state index contributed by atoms with van der Waals surface area (Å²) in [5, 5.41) is 3.23. The lowest BCUT2D eigenvalue weighted by Gasteiger charge is -2.08. The van der Waals surface area contributed by atoms with Gasteiger partial charge in [0.15, 0.2) is 0 Å². The van der Waals surface area contributed by atoms with Crippen molar-refractivity contribution >= 4 is 23.2 Å². The van der Waals surface area contributed by atoms with Gasteiger partial charge in [-0.3, -0.25) is 4.79 Å². The average Bonchev–Trinajstić information content (AvgIpc) is 2.36. The van der Waals surface area contributed by atoms with Crippen molar-refractivity contribution in [2.45, 2.75) is 6.92 Å². The Bertz CT molecular complexity index is 581. The molecule has 0 saturated carbocycles. The molecule has 0 unspecified atom stereocenters. The van der Waals surface area contributed by atoms with Crippen molar-refractivity contribution in [1.82, 2.24) is 0 Å². The van der Waals surface area contributed by atoms with E-state index in [1.165, 1.54) is 6.07 Å². The third-order valence-corrected chi connectivity index (χ3v) is 2.87. The molecule has 0 bridgehead atoms. The van der Waals surface area contributed by atoms with Crippen LogP contribution in [0.1, 0.15) is 15.9 Å². The van der Waals surface area contributed by atoms with Crippen molar-refractivity contribution < 1.29 is 9.18 Å². The van der Waals surface area contributed by atoms with E-state index >= 15 is 0 Å². The van der Waals surface area contributed by atoms with Crippen LogP contribution in [0.2, 0.25) is 5.02 Å². The first-order valence-electron chi connectivity index (χ1n) is 5.40. The van der Waals surface area contributed by atoms with Crippen LogP contribution in [0.25, 0.3) is 0 Å². The van der Waals surface area contributed by atoms with Crippen molar-refractivity contribution in [3.63, 3.8) is 0 Å². The standard InChI is InChI=1S/C14H11ClFNO/c1-9-12(16)3-2-4-13(9)17-14(18)10-5-7-11(15)8-6-10/h2-8H,1H3,(H,17,18). The number of halogens is 2. The van der Waals surface area contributed by atoms with E-state index < -0.39 is 0 Å². The average molecular weight is 264 g/mol. The molecule has 0 aliphatic heterocycles. The molecule has 0 heterocycles. The van der Waals surface area contributed by atoms with E-state index in [2.05, 4.69) is 5.32 Å². The number of rotatable bonds is 2. The summed E-state index contributed by atoms with van der Waals surface area (Å²) >= 11 is 5.74. The number of nitrogens with one attached hydrogen (secondary N) is 1. The second-order valence-electron chi connectivity index (χ2n) is 3.87. The predicted molar refractivity (Wildman–Crippen MR) is 70.5 cm³/mol. The molecule has 0 aliphatic rings. The second-order valence-corrected chi connectivity index (χ2v) is 4.31. The van der Waals surface area contributed by atoms with Crippen LogP contribution in [0.4, 0.5) is 10.1 Å². The van der Waals surface area contributed by atoms with Crippen molar-refractivity contribution in [3.8, 4) is 0 Å². The number of amides is 1. The van der Waals surface area contributed by atoms with Gasteiger partial charge in [0, 0.05) is 21.8 Å². The highest BCUT2D eigenvalue weighted by Gasteiger charge is 2.09. The lowest BCUT2D eigenvalue weighted by Crippen LogP contribution is -2.12. The Morgan fingerprint density at radius 1 is 1.17 bits per heavy atom. The predicted octanol–water partition coefficient (Wildman–Crippen LogP) is 4.04. The third-order valence-electron chi connectivity index (χ3n) is 2.62. The van der Waals surface area contributed by atoms with Gasteiger partial charge in [0.1, 0.15) is 5.82 Å². The Hall–Kier alpha value is -1.87. The zero-order valence-corrected chi connectivity index (χ0v) is 10.5. The molecule has 0 atom stereocenters. The van der Waals surface area contributed by atoms with Crippen LogP contribution in [0.3, 0.4) is 0 Å². The van der Waals surface area contributed by atoms with Gasteiger partial charge in [0.05, 0.1) is 0 Å². The van der Waals surface area contributed by atoms with E-state index in [0.717, 1.165) is 0 Å². The van der Waals surface area contributed by atoms with E-state index in [1.807, 2.05) is 0 Å². The molecule has 0 radical (unpaired) electrons. The summed E-state index contributed by atoms with van der Waals surface area (Å²) in [6, 6.07) is 11.1. The summed E-state index contributed by atoms with van der Waals surface area (Å²) in [6.45, 7) is 1.62. The van der Waals surface area contributed by atoms with Crippen LogP contribution in [-0.4, -0.2) is 5.91 Å². The summed E-state index contributed by atoms with van der Waals surface area (Å²) in [6.07, 6.45) is 0. The number of benzene rings is 2. The summed E-state index contributed by atoms with van der Waals surface area (Å²) in [5.74, 6) is -0.635.